The summed E-state index contributed by atoms with van der Waals surface area (Å²) in [6, 6.07) is 12.7. The van der Waals surface area contributed by atoms with Crippen molar-refractivity contribution in [3.05, 3.63) is 53.8 Å². The van der Waals surface area contributed by atoms with E-state index in [1.165, 1.54) is 6.07 Å². The highest BCUT2D eigenvalue weighted by Crippen LogP contribution is 2.42. The normalized spacial score (nSPS) is 18.9. The molecule has 0 radical (unpaired) electrons. The van der Waals surface area contributed by atoms with Crippen LogP contribution in [0, 0.1) is 11.2 Å². The lowest BCUT2D eigenvalue weighted by atomic mass is 9.71. The molecule has 1 N–H and O–H groups in total. The number of rotatable bonds is 8. The minimum Gasteiger partial charge on any atom is -0.488 e. The largest absolute Gasteiger partial charge is 0.488 e. The molecule has 0 atom stereocenters. The lowest BCUT2D eigenvalue weighted by Gasteiger charge is -2.55. The highest BCUT2D eigenvalue weighted by molar-refractivity contribution is 5.95. The van der Waals surface area contributed by atoms with Crippen LogP contribution in [0.4, 0.5) is 4.39 Å². The van der Waals surface area contributed by atoms with Gasteiger partial charge >= 0.3 is 0 Å². The second kappa shape index (κ2) is 10.6. The standard InChI is InChI=1S/C30H32FN5O5/c1-38-10-11-40-26-14-25-22(12-23(26)31)28(33-32-25)27-13-24(34-41-27)19-2-4-20(5-3-19)29(37)36-17-30(18-36)6-8-35(9-7-30)21-15-39-16-21/h2-5,12-14,21H,6-11,15-18H2,1H3,(H,32,33). The predicted molar refractivity (Wildman–Crippen MR) is 148 cm³/mol. The van der Waals surface area contributed by atoms with E-state index in [0.29, 0.717) is 46.3 Å². The van der Waals surface area contributed by atoms with Crippen LogP contribution in [0.2, 0.25) is 0 Å². The molecule has 1 spiro atoms. The second-order valence-electron chi connectivity index (χ2n) is 11.3. The van der Waals surface area contributed by atoms with Crippen LogP contribution < -0.4 is 4.74 Å². The third kappa shape index (κ3) is 4.87. The number of nitrogens with zero attached hydrogens (tertiary/aromatic N) is 4. The van der Waals surface area contributed by atoms with Crippen LogP contribution in [0.15, 0.2) is 47.0 Å². The van der Waals surface area contributed by atoms with Gasteiger partial charge in [-0.2, -0.15) is 5.10 Å². The first kappa shape index (κ1) is 26.1. The van der Waals surface area contributed by atoms with E-state index in [0.717, 1.165) is 57.8 Å². The molecule has 0 saturated carbocycles. The number of aromatic nitrogens is 3. The van der Waals surface area contributed by atoms with Gasteiger partial charge in [0.2, 0.25) is 0 Å². The quantitative estimate of drug-likeness (QED) is 0.322. The maximum atomic E-state index is 14.7. The highest BCUT2D eigenvalue weighted by Gasteiger charge is 2.47. The Morgan fingerprint density at radius 3 is 2.61 bits per heavy atom. The summed E-state index contributed by atoms with van der Waals surface area (Å²) in [5.41, 5.74) is 3.40. The van der Waals surface area contributed by atoms with Crippen molar-refractivity contribution in [2.24, 2.45) is 5.41 Å². The van der Waals surface area contributed by atoms with Crippen LogP contribution in [0.25, 0.3) is 33.6 Å². The minimum absolute atomic E-state index is 0.0634. The number of aromatic amines is 1. The van der Waals surface area contributed by atoms with Crippen LogP contribution in [0.1, 0.15) is 23.2 Å². The lowest BCUT2D eigenvalue weighted by Crippen LogP contribution is -2.63. The molecule has 5 heterocycles. The molecule has 3 aliphatic heterocycles. The first-order valence-electron chi connectivity index (χ1n) is 14.0. The summed E-state index contributed by atoms with van der Waals surface area (Å²) < 4.78 is 36.0. The van der Waals surface area contributed by atoms with E-state index in [1.54, 1.807) is 19.2 Å². The summed E-state index contributed by atoms with van der Waals surface area (Å²) in [5.74, 6) is 0.0866. The number of carbonyl (C=O) groups excluding carboxylic acids is 1. The molecule has 11 heteroatoms. The second-order valence-corrected chi connectivity index (χ2v) is 11.3. The summed E-state index contributed by atoms with van der Waals surface area (Å²) in [7, 11) is 1.56. The maximum Gasteiger partial charge on any atom is 0.253 e. The van der Waals surface area contributed by atoms with Gasteiger partial charge in [0.25, 0.3) is 5.91 Å². The van der Waals surface area contributed by atoms with Gasteiger partial charge in [-0.3, -0.25) is 14.8 Å². The summed E-state index contributed by atoms with van der Waals surface area (Å²) in [6.07, 6.45) is 2.28. The van der Waals surface area contributed by atoms with E-state index in [9.17, 15) is 9.18 Å². The molecular weight excluding hydrogens is 529 g/mol. The Balaban J connectivity index is 0.995. The van der Waals surface area contributed by atoms with Crippen LogP contribution in [0.3, 0.4) is 0 Å². The predicted octanol–water partition coefficient (Wildman–Crippen LogP) is 3.99. The number of piperidine rings is 1. The molecule has 7 rings (SSSR count). The van der Waals surface area contributed by atoms with Crippen LogP contribution in [0.5, 0.6) is 5.75 Å². The number of carbonyl (C=O) groups is 1. The summed E-state index contributed by atoms with van der Waals surface area (Å²) in [4.78, 5) is 17.6. The molecule has 214 valence electrons. The average molecular weight is 562 g/mol. The third-order valence-electron chi connectivity index (χ3n) is 8.67. The van der Waals surface area contributed by atoms with Crippen LogP contribution in [-0.2, 0) is 9.47 Å². The molecule has 0 bridgehead atoms. The van der Waals surface area contributed by atoms with Gasteiger partial charge < -0.3 is 23.6 Å². The van der Waals surface area contributed by atoms with Gasteiger partial charge in [-0.15, -0.1) is 0 Å². The van der Waals surface area contributed by atoms with E-state index in [1.807, 2.05) is 29.2 Å². The smallest absolute Gasteiger partial charge is 0.253 e. The van der Waals surface area contributed by atoms with E-state index in [-0.39, 0.29) is 23.7 Å². The fourth-order valence-corrected chi connectivity index (χ4v) is 6.06. The number of hydrogen-bond acceptors (Lipinski definition) is 8. The van der Waals surface area contributed by atoms with Crippen molar-refractivity contribution in [1.29, 1.82) is 0 Å². The highest BCUT2D eigenvalue weighted by atomic mass is 19.1. The Morgan fingerprint density at radius 1 is 1.12 bits per heavy atom. The van der Waals surface area contributed by atoms with Gasteiger partial charge in [-0.1, -0.05) is 17.3 Å². The number of fused-ring (bicyclic) bond motifs is 1. The number of hydrogen-bond donors (Lipinski definition) is 1. The number of nitrogens with one attached hydrogen (secondary N) is 1. The fourth-order valence-electron chi connectivity index (χ4n) is 6.06. The van der Waals surface area contributed by atoms with Crippen LogP contribution in [-0.4, -0.2) is 96.8 Å². The fraction of sp³-hybridized carbons (Fsp3) is 0.433. The molecule has 3 saturated heterocycles. The minimum atomic E-state index is -0.501. The van der Waals surface area contributed by atoms with E-state index in [4.69, 9.17) is 18.7 Å². The van der Waals surface area contributed by atoms with Gasteiger partial charge in [0, 0.05) is 54.3 Å². The number of likely N-dealkylation sites (tertiary alicyclic amines) is 2. The number of H-pyrrole nitrogens is 1. The van der Waals surface area contributed by atoms with Gasteiger partial charge in [0.1, 0.15) is 18.0 Å². The zero-order chi connectivity index (χ0) is 28.0. The molecule has 0 aliphatic carbocycles. The first-order valence-corrected chi connectivity index (χ1v) is 14.0. The molecular formula is C30H32FN5O5. The zero-order valence-corrected chi connectivity index (χ0v) is 22.9. The average Bonchev–Trinajstić information content (AvgIpc) is 3.58. The number of methoxy groups -OCH3 is 1. The Labute approximate surface area is 236 Å². The van der Waals surface area contributed by atoms with Crippen molar-refractivity contribution in [3.63, 3.8) is 0 Å². The van der Waals surface area contributed by atoms with Gasteiger partial charge in [0.15, 0.2) is 17.3 Å². The van der Waals surface area contributed by atoms with Gasteiger partial charge in [-0.25, -0.2) is 4.39 Å². The first-order chi connectivity index (χ1) is 20.0. The molecule has 1 amide bonds. The van der Waals surface area contributed by atoms with Crippen molar-refractivity contribution in [3.8, 4) is 28.5 Å². The van der Waals surface area contributed by atoms with Crippen molar-refractivity contribution >= 4 is 16.8 Å². The summed E-state index contributed by atoms with van der Waals surface area (Å²) >= 11 is 0. The monoisotopic (exact) mass is 561 g/mol. The van der Waals surface area contributed by atoms with Crippen molar-refractivity contribution < 1.29 is 27.9 Å². The Kier molecular flexibility index (Phi) is 6.72. The van der Waals surface area contributed by atoms with E-state index < -0.39 is 5.82 Å². The van der Waals surface area contributed by atoms with E-state index >= 15 is 0 Å². The summed E-state index contributed by atoms with van der Waals surface area (Å²) in [5, 5.41) is 12.0. The summed E-state index contributed by atoms with van der Waals surface area (Å²) in [6.45, 7) is 6.16. The van der Waals surface area contributed by atoms with E-state index in [2.05, 4.69) is 20.3 Å². The molecule has 4 aromatic rings. The number of halogens is 1. The number of amides is 1. The maximum absolute atomic E-state index is 14.7. The Bertz CT molecular complexity index is 1550. The van der Waals surface area contributed by atoms with Crippen molar-refractivity contribution in [2.75, 3.05) is 59.7 Å². The number of ether oxygens (including phenoxy) is 3. The molecule has 3 fully saturated rings. The molecule has 2 aromatic carbocycles. The van der Waals surface area contributed by atoms with Crippen molar-refractivity contribution in [2.45, 2.75) is 18.9 Å². The molecule has 2 aromatic heterocycles. The zero-order valence-electron chi connectivity index (χ0n) is 22.9. The SMILES string of the molecule is COCCOc1cc2[nH]nc(-c3cc(-c4ccc(C(=O)N5CC6(CCN(C7COC7)CC6)C5)cc4)no3)c2cc1F. The van der Waals surface area contributed by atoms with Gasteiger partial charge in [-0.05, 0) is 44.1 Å². The lowest BCUT2D eigenvalue weighted by molar-refractivity contribution is -0.0990. The van der Waals surface area contributed by atoms with Crippen LogP contribution >= 0.6 is 0 Å². The van der Waals surface area contributed by atoms with Gasteiger partial charge in [0.05, 0.1) is 31.4 Å². The molecule has 3 aliphatic rings. The third-order valence-corrected chi connectivity index (χ3v) is 8.67. The Morgan fingerprint density at radius 2 is 1.90 bits per heavy atom. The molecule has 0 unspecified atom stereocenters. The number of benzene rings is 2. The molecule has 10 nitrogen and oxygen atoms in total. The topological polar surface area (TPSA) is 106 Å². The van der Waals surface area contributed by atoms with Crippen molar-refractivity contribution in [1.82, 2.24) is 25.2 Å². The Hall–Kier alpha value is -3.80. The molecule has 41 heavy (non-hydrogen) atoms.